The van der Waals surface area contributed by atoms with Crippen molar-refractivity contribution in [2.24, 2.45) is 7.05 Å². The van der Waals surface area contributed by atoms with Gasteiger partial charge in [-0.05, 0) is 23.6 Å². The van der Waals surface area contributed by atoms with Crippen molar-refractivity contribution in [3.05, 3.63) is 40.5 Å². The quantitative estimate of drug-likeness (QED) is 0.939. The Morgan fingerprint density at radius 3 is 2.65 bits per heavy atom. The summed E-state index contributed by atoms with van der Waals surface area (Å²) in [7, 11) is 3.93. The lowest BCUT2D eigenvalue weighted by Gasteiger charge is -2.20. The fourth-order valence-corrected chi connectivity index (χ4v) is 2.63. The van der Waals surface area contributed by atoms with Crippen LogP contribution in [0.1, 0.15) is 31.0 Å². The average molecular weight is 293 g/mol. The van der Waals surface area contributed by atoms with Crippen molar-refractivity contribution >= 4 is 23.1 Å². The molecule has 1 heterocycles. The molecule has 0 aliphatic heterocycles. The Hall–Kier alpha value is -1.68. The van der Waals surface area contributed by atoms with Gasteiger partial charge in [0.25, 0.3) is 0 Å². The molecule has 2 N–H and O–H groups in total. The van der Waals surface area contributed by atoms with Crippen LogP contribution in [-0.2, 0) is 13.6 Å². The fraction of sp³-hybridized carbons (Fsp3) is 0.400. The van der Waals surface area contributed by atoms with E-state index in [4.69, 9.17) is 17.3 Å². The molecule has 108 valence electrons. The van der Waals surface area contributed by atoms with Crippen LogP contribution in [0.4, 0.5) is 11.5 Å². The Bertz CT molecular complexity index is 604. The minimum atomic E-state index is 0.314. The SMILES string of the molecule is CC(C)c1nn(C)c(N(C)Cc2cccc(Cl)c2)c1N. The van der Waals surface area contributed by atoms with Crippen molar-refractivity contribution in [3.63, 3.8) is 0 Å². The van der Waals surface area contributed by atoms with Gasteiger partial charge in [-0.2, -0.15) is 5.10 Å². The molecule has 5 heteroatoms. The van der Waals surface area contributed by atoms with Crippen molar-refractivity contribution < 1.29 is 0 Å². The molecule has 0 spiro atoms. The minimum absolute atomic E-state index is 0.314. The normalized spacial score (nSPS) is 11.1. The maximum absolute atomic E-state index is 6.24. The first kappa shape index (κ1) is 14.7. The number of anilines is 2. The largest absolute Gasteiger partial charge is 0.394 e. The third-order valence-corrected chi connectivity index (χ3v) is 3.53. The molecule has 1 aromatic carbocycles. The summed E-state index contributed by atoms with van der Waals surface area (Å²) < 4.78 is 1.84. The smallest absolute Gasteiger partial charge is 0.150 e. The molecule has 0 saturated carbocycles. The highest BCUT2D eigenvalue weighted by Gasteiger charge is 2.18. The van der Waals surface area contributed by atoms with Crippen molar-refractivity contribution in [2.75, 3.05) is 17.7 Å². The van der Waals surface area contributed by atoms with Gasteiger partial charge >= 0.3 is 0 Å². The Morgan fingerprint density at radius 1 is 1.40 bits per heavy atom. The summed E-state index contributed by atoms with van der Waals surface area (Å²) in [6.07, 6.45) is 0. The van der Waals surface area contributed by atoms with Crippen LogP contribution in [0.15, 0.2) is 24.3 Å². The molecule has 2 aromatic rings. The first-order chi connectivity index (χ1) is 9.40. The summed E-state index contributed by atoms with van der Waals surface area (Å²) in [5.41, 5.74) is 9.08. The molecule has 0 atom stereocenters. The maximum Gasteiger partial charge on any atom is 0.150 e. The van der Waals surface area contributed by atoms with E-state index in [1.807, 2.05) is 37.0 Å². The molecule has 0 aliphatic rings. The molecule has 0 fully saturated rings. The second kappa shape index (κ2) is 5.75. The Balaban J connectivity index is 2.27. The summed E-state index contributed by atoms with van der Waals surface area (Å²) in [5.74, 6) is 1.25. The van der Waals surface area contributed by atoms with Crippen LogP contribution in [0.5, 0.6) is 0 Å². The Labute approximate surface area is 125 Å². The molecular formula is C15H21ClN4. The van der Waals surface area contributed by atoms with Crippen LogP contribution in [0.2, 0.25) is 5.02 Å². The molecule has 0 radical (unpaired) electrons. The minimum Gasteiger partial charge on any atom is -0.394 e. The summed E-state index contributed by atoms with van der Waals surface area (Å²) in [4.78, 5) is 2.10. The predicted molar refractivity (Wildman–Crippen MR) is 85.3 cm³/mol. The van der Waals surface area contributed by atoms with Crippen LogP contribution in [-0.4, -0.2) is 16.8 Å². The van der Waals surface area contributed by atoms with Gasteiger partial charge in [0.05, 0.1) is 11.4 Å². The van der Waals surface area contributed by atoms with Gasteiger partial charge in [-0.25, -0.2) is 0 Å². The van der Waals surface area contributed by atoms with Gasteiger partial charge in [-0.1, -0.05) is 37.6 Å². The summed E-state index contributed by atoms with van der Waals surface area (Å²) in [6, 6.07) is 7.85. The van der Waals surface area contributed by atoms with E-state index in [9.17, 15) is 0 Å². The zero-order valence-corrected chi connectivity index (χ0v) is 13.1. The first-order valence-corrected chi connectivity index (χ1v) is 7.06. The van der Waals surface area contributed by atoms with Crippen LogP contribution >= 0.6 is 11.6 Å². The Kier molecular flexibility index (Phi) is 4.23. The summed E-state index contributed by atoms with van der Waals surface area (Å²) >= 11 is 6.02. The first-order valence-electron chi connectivity index (χ1n) is 6.68. The standard InChI is InChI=1S/C15H21ClN4/c1-10(2)14-13(17)15(20(4)18-14)19(3)9-11-6-5-7-12(16)8-11/h5-8,10H,9,17H2,1-4H3. The van der Waals surface area contributed by atoms with Crippen molar-refractivity contribution in [1.82, 2.24) is 9.78 Å². The second-order valence-corrected chi connectivity index (χ2v) is 5.82. The van der Waals surface area contributed by atoms with E-state index in [1.165, 1.54) is 0 Å². The highest BCUT2D eigenvalue weighted by Crippen LogP contribution is 2.30. The fourth-order valence-electron chi connectivity index (χ4n) is 2.41. The Morgan fingerprint density at radius 2 is 2.10 bits per heavy atom. The number of rotatable bonds is 4. The lowest BCUT2D eigenvalue weighted by molar-refractivity contribution is 0.698. The molecule has 0 aliphatic carbocycles. The number of aryl methyl sites for hydroxylation is 1. The molecule has 20 heavy (non-hydrogen) atoms. The number of benzene rings is 1. The van der Waals surface area contributed by atoms with Gasteiger partial charge in [-0.3, -0.25) is 4.68 Å². The zero-order chi connectivity index (χ0) is 14.9. The van der Waals surface area contributed by atoms with Gasteiger partial charge < -0.3 is 10.6 Å². The number of hydrogen-bond donors (Lipinski definition) is 1. The molecule has 0 bridgehead atoms. The van der Waals surface area contributed by atoms with Crippen molar-refractivity contribution in [2.45, 2.75) is 26.3 Å². The number of halogens is 1. The summed E-state index contributed by atoms with van der Waals surface area (Å²) in [6.45, 7) is 4.93. The van der Waals surface area contributed by atoms with Crippen LogP contribution < -0.4 is 10.6 Å². The van der Waals surface area contributed by atoms with E-state index in [-0.39, 0.29) is 0 Å². The van der Waals surface area contributed by atoms with Gasteiger partial charge in [0.15, 0.2) is 0 Å². The number of nitrogens with two attached hydrogens (primary N) is 1. The molecular weight excluding hydrogens is 272 g/mol. The number of nitrogen functional groups attached to an aromatic ring is 1. The number of aromatic nitrogens is 2. The van der Waals surface area contributed by atoms with E-state index in [0.717, 1.165) is 34.3 Å². The lowest BCUT2D eigenvalue weighted by atomic mass is 10.1. The van der Waals surface area contributed by atoms with Crippen LogP contribution in [0.25, 0.3) is 0 Å². The van der Waals surface area contributed by atoms with Crippen LogP contribution in [0.3, 0.4) is 0 Å². The average Bonchev–Trinajstić information content (AvgIpc) is 2.65. The van der Waals surface area contributed by atoms with Crippen molar-refractivity contribution in [3.8, 4) is 0 Å². The monoisotopic (exact) mass is 292 g/mol. The van der Waals surface area contributed by atoms with E-state index in [0.29, 0.717) is 5.92 Å². The van der Waals surface area contributed by atoms with E-state index >= 15 is 0 Å². The van der Waals surface area contributed by atoms with E-state index < -0.39 is 0 Å². The molecule has 4 nitrogen and oxygen atoms in total. The zero-order valence-electron chi connectivity index (χ0n) is 12.4. The molecule has 0 amide bonds. The maximum atomic E-state index is 6.24. The van der Waals surface area contributed by atoms with E-state index in [1.54, 1.807) is 0 Å². The highest BCUT2D eigenvalue weighted by molar-refractivity contribution is 6.30. The van der Waals surface area contributed by atoms with Gasteiger partial charge in [0.1, 0.15) is 5.82 Å². The molecule has 2 rings (SSSR count). The molecule has 1 aromatic heterocycles. The third-order valence-electron chi connectivity index (χ3n) is 3.30. The molecule has 0 saturated heterocycles. The number of hydrogen-bond acceptors (Lipinski definition) is 3. The van der Waals surface area contributed by atoms with Gasteiger partial charge in [0, 0.05) is 25.7 Å². The second-order valence-electron chi connectivity index (χ2n) is 5.39. The predicted octanol–water partition coefficient (Wildman–Crippen LogP) is 3.42. The third kappa shape index (κ3) is 2.90. The lowest BCUT2D eigenvalue weighted by Crippen LogP contribution is -2.20. The van der Waals surface area contributed by atoms with Gasteiger partial charge in [-0.15, -0.1) is 0 Å². The van der Waals surface area contributed by atoms with Gasteiger partial charge in [0.2, 0.25) is 0 Å². The summed E-state index contributed by atoms with van der Waals surface area (Å²) in [5, 5.41) is 5.26. The number of nitrogens with zero attached hydrogens (tertiary/aromatic N) is 3. The van der Waals surface area contributed by atoms with E-state index in [2.05, 4.69) is 29.9 Å². The molecule has 0 unspecified atom stereocenters. The highest BCUT2D eigenvalue weighted by atomic mass is 35.5. The van der Waals surface area contributed by atoms with Crippen molar-refractivity contribution in [1.29, 1.82) is 0 Å². The van der Waals surface area contributed by atoms with Crippen LogP contribution in [0, 0.1) is 0 Å². The topological polar surface area (TPSA) is 47.1 Å².